The number of carbonyl (C=O) groups is 3. The van der Waals surface area contributed by atoms with Crippen LogP contribution in [0.1, 0.15) is 11.6 Å². The van der Waals surface area contributed by atoms with Crippen molar-refractivity contribution in [3.63, 3.8) is 0 Å². The first-order chi connectivity index (χ1) is 9.04. The molecule has 1 aromatic rings. The highest BCUT2D eigenvalue weighted by atomic mass is 16.4. The number of carboxylic acids is 1. The van der Waals surface area contributed by atoms with E-state index in [-0.39, 0.29) is 13.1 Å². The van der Waals surface area contributed by atoms with Gasteiger partial charge in [0.15, 0.2) is 6.04 Å². The lowest BCUT2D eigenvalue weighted by molar-refractivity contribution is -0.141. The highest BCUT2D eigenvalue weighted by Gasteiger charge is 2.21. The third-order valence-electron chi connectivity index (χ3n) is 2.32. The summed E-state index contributed by atoms with van der Waals surface area (Å²) in [6, 6.07) is 7.13. The molecule has 102 valence electrons. The van der Waals surface area contributed by atoms with E-state index in [2.05, 4.69) is 10.6 Å². The maximum absolute atomic E-state index is 11.5. The Morgan fingerprint density at radius 3 is 2.32 bits per heavy atom. The largest absolute Gasteiger partial charge is 0.479 e. The molecule has 0 bridgehead atoms. The van der Waals surface area contributed by atoms with Gasteiger partial charge in [-0.3, -0.25) is 9.59 Å². The van der Waals surface area contributed by atoms with Crippen molar-refractivity contribution in [1.82, 2.24) is 10.6 Å². The zero-order chi connectivity index (χ0) is 14.3. The molecule has 0 radical (unpaired) electrons. The number of hydrogen-bond donors (Lipinski definition) is 4. The maximum Gasteiger partial charge on any atom is 0.330 e. The van der Waals surface area contributed by atoms with Crippen LogP contribution < -0.4 is 16.4 Å². The van der Waals surface area contributed by atoms with Crippen LogP contribution in [0, 0.1) is 0 Å². The first-order valence-electron chi connectivity index (χ1n) is 5.58. The molecule has 0 aliphatic heterocycles. The SMILES string of the molecule is NCC(=O)NCC(=O)N[C@@H](C(=O)O)c1ccccc1. The van der Waals surface area contributed by atoms with E-state index in [0.717, 1.165) is 0 Å². The van der Waals surface area contributed by atoms with Gasteiger partial charge >= 0.3 is 5.97 Å². The molecule has 0 aliphatic rings. The highest BCUT2D eigenvalue weighted by molar-refractivity contribution is 5.88. The fraction of sp³-hybridized carbons (Fsp3) is 0.250. The van der Waals surface area contributed by atoms with E-state index < -0.39 is 23.8 Å². The summed E-state index contributed by atoms with van der Waals surface area (Å²) >= 11 is 0. The lowest BCUT2D eigenvalue weighted by Crippen LogP contribution is -2.42. The average molecular weight is 265 g/mol. The molecule has 1 atom stereocenters. The number of amides is 2. The number of nitrogens with one attached hydrogen (secondary N) is 2. The number of carboxylic acid groups (broad SMARTS) is 1. The number of aliphatic carboxylic acids is 1. The molecule has 7 nitrogen and oxygen atoms in total. The van der Waals surface area contributed by atoms with E-state index in [0.29, 0.717) is 5.56 Å². The van der Waals surface area contributed by atoms with E-state index in [1.165, 1.54) is 0 Å². The summed E-state index contributed by atoms with van der Waals surface area (Å²) in [5.74, 6) is -2.26. The van der Waals surface area contributed by atoms with Gasteiger partial charge in [0.2, 0.25) is 11.8 Å². The normalized spacial score (nSPS) is 11.4. The zero-order valence-corrected chi connectivity index (χ0v) is 10.1. The van der Waals surface area contributed by atoms with Crippen molar-refractivity contribution in [2.24, 2.45) is 5.73 Å². The topological polar surface area (TPSA) is 122 Å². The van der Waals surface area contributed by atoms with Gasteiger partial charge in [-0.1, -0.05) is 30.3 Å². The Balaban J connectivity index is 2.62. The molecule has 0 saturated carbocycles. The van der Waals surface area contributed by atoms with Crippen LogP contribution in [0.3, 0.4) is 0 Å². The number of hydrogen-bond acceptors (Lipinski definition) is 4. The monoisotopic (exact) mass is 265 g/mol. The Labute approximate surface area is 109 Å². The molecule has 1 rings (SSSR count). The van der Waals surface area contributed by atoms with Crippen LogP contribution in [0.5, 0.6) is 0 Å². The van der Waals surface area contributed by atoms with Crippen molar-refractivity contribution in [3.05, 3.63) is 35.9 Å². The predicted octanol–water partition coefficient (Wildman–Crippen LogP) is -0.997. The maximum atomic E-state index is 11.5. The molecule has 5 N–H and O–H groups in total. The minimum atomic E-state index is -1.18. The Hall–Kier alpha value is -2.41. The van der Waals surface area contributed by atoms with Gasteiger partial charge in [0.1, 0.15) is 0 Å². The Morgan fingerprint density at radius 2 is 1.79 bits per heavy atom. The molecule has 0 aromatic heterocycles. The first-order valence-corrected chi connectivity index (χ1v) is 5.58. The van der Waals surface area contributed by atoms with E-state index in [4.69, 9.17) is 10.8 Å². The zero-order valence-electron chi connectivity index (χ0n) is 10.1. The van der Waals surface area contributed by atoms with Gasteiger partial charge in [0, 0.05) is 0 Å². The number of rotatable bonds is 6. The van der Waals surface area contributed by atoms with Gasteiger partial charge < -0.3 is 21.5 Å². The van der Waals surface area contributed by atoms with Gasteiger partial charge in [0.25, 0.3) is 0 Å². The molecular weight excluding hydrogens is 250 g/mol. The average Bonchev–Trinajstić information content (AvgIpc) is 2.42. The summed E-state index contributed by atoms with van der Waals surface area (Å²) in [4.78, 5) is 33.5. The van der Waals surface area contributed by atoms with Gasteiger partial charge in [-0.25, -0.2) is 4.79 Å². The van der Waals surface area contributed by atoms with Crippen LogP contribution in [-0.2, 0) is 14.4 Å². The molecule has 0 fully saturated rings. The van der Waals surface area contributed by atoms with Crippen LogP contribution in [0.25, 0.3) is 0 Å². The lowest BCUT2D eigenvalue weighted by Gasteiger charge is -2.15. The van der Waals surface area contributed by atoms with Gasteiger partial charge in [-0.05, 0) is 5.56 Å². The Morgan fingerprint density at radius 1 is 1.16 bits per heavy atom. The number of benzene rings is 1. The van der Waals surface area contributed by atoms with Crippen LogP contribution in [-0.4, -0.2) is 36.0 Å². The standard InChI is InChI=1S/C12H15N3O4/c13-6-9(16)14-7-10(17)15-11(12(18)19)8-4-2-1-3-5-8/h1-5,11H,6-7,13H2,(H,14,16)(H,15,17)(H,18,19)/t11-/m1/s1. The molecular formula is C12H15N3O4. The third-order valence-corrected chi connectivity index (χ3v) is 2.32. The van der Waals surface area contributed by atoms with Crippen molar-refractivity contribution in [3.8, 4) is 0 Å². The fourth-order valence-electron chi connectivity index (χ4n) is 1.40. The minimum Gasteiger partial charge on any atom is -0.479 e. The van der Waals surface area contributed by atoms with Crippen LogP contribution in [0.15, 0.2) is 30.3 Å². The Bertz CT molecular complexity index is 461. The molecule has 0 saturated heterocycles. The molecule has 0 heterocycles. The quantitative estimate of drug-likeness (QED) is 0.526. The van der Waals surface area contributed by atoms with Crippen molar-refractivity contribution >= 4 is 17.8 Å². The lowest BCUT2D eigenvalue weighted by atomic mass is 10.1. The summed E-state index contributed by atoms with van der Waals surface area (Å²) in [6.45, 7) is -0.541. The number of carbonyl (C=O) groups excluding carboxylic acids is 2. The van der Waals surface area contributed by atoms with E-state index in [9.17, 15) is 14.4 Å². The van der Waals surface area contributed by atoms with E-state index in [1.54, 1.807) is 30.3 Å². The summed E-state index contributed by atoms with van der Waals surface area (Å²) < 4.78 is 0. The van der Waals surface area contributed by atoms with Crippen molar-refractivity contribution in [1.29, 1.82) is 0 Å². The van der Waals surface area contributed by atoms with E-state index >= 15 is 0 Å². The summed E-state index contributed by atoms with van der Waals surface area (Å²) in [5, 5.41) is 13.7. The van der Waals surface area contributed by atoms with Crippen molar-refractivity contribution < 1.29 is 19.5 Å². The molecule has 0 spiro atoms. The summed E-state index contributed by atoms with van der Waals surface area (Å²) in [7, 11) is 0. The summed E-state index contributed by atoms with van der Waals surface area (Å²) in [6.07, 6.45) is 0. The summed E-state index contributed by atoms with van der Waals surface area (Å²) in [5.41, 5.74) is 5.51. The molecule has 1 aromatic carbocycles. The first kappa shape index (κ1) is 14.7. The second-order valence-electron chi connectivity index (χ2n) is 3.73. The predicted molar refractivity (Wildman–Crippen MR) is 67.0 cm³/mol. The molecule has 0 aliphatic carbocycles. The fourth-order valence-corrected chi connectivity index (χ4v) is 1.40. The smallest absolute Gasteiger partial charge is 0.330 e. The van der Waals surface area contributed by atoms with Crippen LogP contribution >= 0.6 is 0 Å². The van der Waals surface area contributed by atoms with Crippen molar-refractivity contribution in [2.45, 2.75) is 6.04 Å². The van der Waals surface area contributed by atoms with Crippen LogP contribution in [0.2, 0.25) is 0 Å². The molecule has 2 amide bonds. The van der Waals surface area contributed by atoms with E-state index in [1.807, 2.05) is 0 Å². The molecule has 0 unspecified atom stereocenters. The van der Waals surface area contributed by atoms with Gasteiger partial charge in [0.05, 0.1) is 13.1 Å². The Kier molecular flexibility index (Phi) is 5.49. The third kappa shape index (κ3) is 4.76. The second-order valence-corrected chi connectivity index (χ2v) is 3.73. The van der Waals surface area contributed by atoms with Gasteiger partial charge in [-0.2, -0.15) is 0 Å². The molecule has 7 heteroatoms. The van der Waals surface area contributed by atoms with Gasteiger partial charge in [-0.15, -0.1) is 0 Å². The second kappa shape index (κ2) is 7.12. The number of nitrogens with two attached hydrogens (primary N) is 1. The minimum absolute atomic E-state index is 0.228. The molecule has 19 heavy (non-hydrogen) atoms. The van der Waals surface area contributed by atoms with Crippen molar-refractivity contribution in [2.75, 3.05) is 13.1 Å². The highest BCUT2D eigenvalue weighted by Crippen LogP contribution is 2.12. The van der Waals surface area contributed by atoms with Crippen LogP contribution in [0.4, 0.5) is 0 Å².